The van der Waals surface area contributed by atoms with E-state index < -0.39 is 0 Å². The minimum Gasteiger partial charge on any atom is -0.332 e. The second-order valence-electron chi connectivity index (χ2n) is 6.05. The van der Waals surface area contributed by atoms with E-state index in [0.717, 1.165) is 28.4 Å². The van der Waals surface area contributed by atoms with E-state index in [9.17, 15) is 0 Å². The van der Waals surface area contributed by atoms with Crippen LogP contribution >= 0.6 is 23.8 Å². The number of benzene rings is 2. The van der Waals surface area contributed by atoms with Gasteiger partial charge >= 0.3 is 0 Å². The minimum atomic E-state index is 0.511. The van der Waals surface area contributed by atoms with Crippen LogP contribution in [0.2, 0.25) is 5.02 Å². The molecule has 0 aliphatic heterocycles. The molecule has 2 N–H and O–H groups in total. The summed E-state index contributed by atoms with van der Waals surface area (Å²) in [6, 6.07) is 18.0. The van der Waals surface area contributed by atoms with Crippen molar-refractivity contribution in [1.29, 1.82) is 0 Å². The molecular formula is C20H21ClN4S. The van der Waals surface area contributed by atoms with Gasteiger partial charge in [0, 0.05) is 22.5 Å². The molecule has 0 atom stereocenters. The second-order valence-corrected chi connectivity index (χ2v) is 6.87. The van der Waals surface area contributed by atoms with Crippen LogP contribution in [0, 0.1) is 6.92 Å². The van der Waals surface area contributed by atoms with Gasteiger partial charge in [-0.1, -0.05) is 48.9 Å². The van der Waals surface area contributed by atoms with Gasteiger partial charge in [-0.25, -0.2) is 0 Å². The van der Waals surface area contributed by atoms with E-state index >= 15 is 0 Å². The van der Waals surface area contributed by atoms with Crippen LogP contribution in [0.4, 0.5) is 11.5 Å². The quantitative estimate of drug-likeness (QED) is 0.588. The van der Waals surface area contributed by atoms with Crippen LogP contribution in [0.5, 0.6) is 0 Å². The Labute approximate surface area is 164 Å². The zero-order valence-corrected chi connectivity index (χ0v) is 16.4. The fourth-order valence-corrected chi connectivity index (χ4v) is 3.04. The van der Waals surface area contributed by atoms with Crippen molar-refractivity contribution in [2.45, 2.75) is 26.8 Å². The minimum absolute atomic E-state index is 0.511. The van der Waals surface area contributed by atoms with Gasteiger partial charge in [0.15, 0.2) is 10.9 Å². The smallest absolute Gasteiger partial charge is 0.176 e. The first-order chi connectivity index (χ1) is 12.5. The highest BCUT2D eigenvalue weighted by Gasteiger charge is 2.08. The second kappa shape index (κ2) is 8.34. The lowest BCUT2D eigenvalue weighted by atomic mass is 10.1. The molecule has 0 bridgehead atoms. The van der Waals surface area contributed by atoms with Gasteiger partial charge in [0.1, 0.15) is 0 Å². The van der Waals surface area contributed by atoms with Gasteiger partial charge in [-0.2, -0.15) is 5.10 Å². The van der Waals surface area contributed by atoms with E-state index in [1.54, 1.807) is 0 Å². The predicted octanol–water partition coefficient (Wildman–Crippen LogP) is 5.26. The number of rotatable bonds is 5. The number of aryl methyl sites for hydroxylation is 2. The van der Waals surface area contributed by atoms with E-state index in [1.807, 2.05) is 54.1 Å². The monoisotopic (exact) mass is 384 g/mol. The van der Waals surface area contributed by atoms with Gasteiger partial charge < -0.3 is 10.6 Å². The Bertz CT molecular complexity index is 902. The molecular weight excluding hydrogens is 364 g/mol. The van der Waals surface area contributed by atoms with Gasteiger partial charge in [-0.05, 0) is 54.9 Å². The Morgan fingerprint density at radius 2 is 1.85 bits per heavy atom. The van der Waals surface area contributed by atoms with Crippen molar-refractivity contribution in [1.82, 2.24) is 9.78 Å². The highest BCUT2D eigenvalue weighted by atomic mass is 35.5. The topological polar surface area (TPSA) is 41.9 Å². The van der Waals surface area contributed by atoms with E-state index in [-0.39, 0.29) is 0 Å². The number of thiocarbonyl (C=S) groups is 1. The van der Waals surface area contributed by atoms with E-state index in [4.69, 9.17) is 23.8 Å². The highest BCUT2D eigenvalue weighted by Crippen LogP contribution is 2.18. The van der Waals surface area contributed by atoms with Crippen LogP contribution in [0.15, 0.2) is 54.6 Å². The number of aromatic nitrogens is 2. The third kappa shape index (κ3) is 4.62. The van der Waals surface area contributed by atoms with Crippen molar-refractivity contribution in [3.63, 3.8) is 0 Å². The molecule has 3 aromatic rings. The lowest BCUT2D eigenvalue weighted by molar-refractivity contribution is 0.668. The number of nitrogens with one attached hydrogen (secondary N) is 2. The number of hydrogen-bond acceptors (Lipinski definition) is 2. The molecule has 0 saturated heterocycles. The summed E-state index contributed by atoms with van der Waals surface area (Å²) in [6.07, 6.45) is 1.02. The van der Waals surface area contributed by atoms with E-state index in [2.05, 4.69) is 34.8 Å². The van der Waals surface area contributed by atoms with Crippen LogP contribution < -0.4 is 10.6 Å². The van der Waals surface area contributed by atoms with Gasteiger partial charge in [0.25, 0.3) is 0 Å². The predicted molar refractivity (Wildman–Crippen MR) is 113 cm³/mol. The molecule has 0 aliphatic carbocycles. The number of anilines is 2. The Kier molecular flexibility index (Phi) is 5.91. The lowest BCUT2D eigenvalue weighted by Gasteiger charge is -2.09. The van der Waals surface area contributed by atoms with Gasteiger partial charge in [0.05, 0.1) is 6.54 Å². The SMILES string of the molecule is CCc1ccc(NC(=S)Nc2cc(C)n(Cc3ccccc3Cl)n2)cc1. The van der Waals surface area contributed by atoms with Gasteiger partial charge in [-0.3, -0.25) is 4.68 Å². The fourth-order valence-electron chi connectivity index (χ4n) is 2.62. The molecule has 4 nitrogen and oxygen atoms in total. The Hall–Kier alpha value is -2.37. The van der Waals surface area contributed by atoms with Crippen molar-refractivity contribution in [3.05, 3.63) is 76.4 Å². The molecule has 1 heterocycles. The first-order valence-corrected chi connectivity index (χ1v) is 9.28. The highest BCUT2D eigenvalue weighted by molar-refractivity contribution is 7.80. The summed E-state index contributed by atoms with van der Waals surface area (Å²) < 4.78 is 1.90. The molecule has 0 spiro atoms. The Morgan fingerprint density at radius 3 is 2.54 bits per heavy atom. The molecule has 0 fully saturated rings. The van der Waals surface area contributed by atoms with Crippen molar-refractivity contribution in [2.24, 2.45) is 0 Å². The maximum Gasteiger partial charge on any atom is 0.176 e. The van der Waals surface area contributed by atoms with Crippen LogP contribution in [0.25, 0.3) is 0 Å². The summed E-state index contributed by atoms with van der Waals surface area (Å²) in [5.74, 6) is 0.706. The zero-order chi connectivity index (χ0) is 18.5. The molecule has 2 aromatic carbocycles. The lowest BCUT2D eigenvalue weighted by Crippen LogP contribution is -2.19. The first-order valence-electron chi connectivity index (χ1n) is 8.50. The van der Waals surface area contributed by atoms with Crippen LogP contribution in [-0.4, -0.2) is 14.9 Å². The summed E-state index contributed by atoms with van der Waals surface area (Å²) >= 11 is 11.6. The summed E-state index contributed by atoms with van der Waals surface area (Å²) in [6.45, 7) is 4.76. The van der Waals surface area contributed by atoms with Crippen molar-refractivity contribution in [3.8, 4) is 0 Å². The van der Waals surface area contributed by atoms with Crippen molar-refractivity contribution in [2.75, 3.05) is 10.6 Å². The molecule has 134 valence electrons. The number of halogens is 1. The van der Waals surface area contributed by atoms with Gasteiger partial charge in [-0.15, -0.1) is 0 Å². The van der Waals surface area contributed by atoms with Crippen LogP contribution in [-0.2, 0) is 13.0 Å². The van der Waals surface area contributed by atoms with Crippen LogP contribution in [0.3, 0.4) is 0 Å². The average molecular weight is 385 g/mol. The van der Waals surface area contributed by atoms with Crippen LogP contribution in [0.1, 0.15) is 23.7 Å². The summed E-state index contributed by atoms with van der Waals surface area (Å²) in [5, 5.41) is 12.1. The largest absolute Gasteiger partial charge is 0.332 e. The van der Waals surface area contributed by atoms with Crippen molar-refractivity contribution < 1.29 is 0 Å². The molecule has 1 aromatic heterocycles. The fraction of sp³-hybridized carbons (Fsp3) is 0.200. The molecule has 26 heavy (non-hydrogen) atoms. The summed E-state index contributed by atoms with van der Waals surface area (Å²) in [4.78, 5) is 0. The average Bonchev–Trinajstić information content (AvgIpc) is 2.96. The standard InChI is InChI=1S/C20H21ClN4S/c1-3-15-8-10-17(11-9-15)22-20(26)23-19-12-14(2)25(24-19)13-16-6-4-5-7-18(16)21/h4-12H,3,13H2,1-2H3,(H2,22,23,24,26). The van der Waals surface area contributed by atoms with Crippen molar-refractivity contribution >= 4 is 40.4 Å². The molecule has 0 unspecified atom stereocenters. The summed E-state index contributed by atoms with van der Waals surface area (Å²) in [7, 11) is 0. The number of hydrogen-bond donors (Lipinski definition) is 2. The zero-order valence-electron chi connectivity index (χ0n) is 14.8. The molecule has 0 amide bonds. The molecule has 0 radical (unpaired) electrons. The number of nitrogens with zero attached hydrogens (tertiary/aromatic N) is 2. The Balaban J connectivity index is 1.64. The third-order valence-electron chi connectivity index (χ3n) is 4.12. The molecule has 0 aliphatic rings. The molecule has 0 saturated carbocycles. The maximum atomic E-state index is 6.24. The normalized spacial score (nSPS) is 10.6. The molecule has 3 rings (SSSR count). The third-order valence-corrected chi connectivity index (χ3v) is 4.69. The maximum absolute atomic E-state index is 6.24. The van der Waals surface area contributed by atoms with E-state index in [1.165, 1.54) is 5.56 Å². The first kappa shape index (κ1) is 18.4. The Morgan fingerprint density at radius 1 is 1.12 bits per heavy atom. The van der Waals surface area contributed by atoms with E-state index in [0.29, 0.717) is 17.5 Å². The van der Waals surface area contributed by atoms with Gasteiger partial charge in [0.2, 0.25) is 0 Å². The summed E-state index contributed by atoms with van der Waals surface area (Å²) in [5.41, 5.74) is 4.31. The molecule has 6 heteroatoms.